The summed E-state index contributed by atoms with van der Waals surface area (Å²) in [6.45, 7) is 5.39. The van der Waals surface area contributed by atoms with Gasteiger partial charge in [0.15, 0.2) is 5.82 Å². The molecule has 0 radical (unpaired) electrons. The molecule has 220 valence electrons. The van der Waals surface area contributed by atoms with E-state index in [0.29, 0.717) is 61.6 Å². The second-order valence-electron chi connectivity index (χ2n) is 11.5. The van der Waals surface area contributed by atoms with Gasteiger partial charge in [-0.2, -0.15) is 9.97 Å². The number of halogens is 2. The van der Waals surface area contributed by atoms with Gasteiger partial charge in [0, 0.05) is 49.2 Å². The van der Waals surface area contributed by atoms with Crippen molar-refractivity contribution in [2.45, 2.75) is 44.3 Å². The molecule has 3 aliphatic heterocycles. The van der Waals surface area contributed by atoms with Gasteiger partial charge in [-0.15, -0.1) is 0 Å². The Hall–Kier alpha value is -3.83. The van der Waals surface area contributed by atoms with Gasteiger partial charge < -0.3 is 23.9 Å². The van der Waals surface area contributed by atoms with Gasteiger partial charge in [-0.3, -0.25) is 4.90 Å². The maximum Gasteiger partial charge on any atom is 0.349 e. The van der Waals surface area contributed by atoms with Crippen molar-refractivity contribution in [2.75, 3.05) is 50.9 Å². The van der Waals surface area contributed by atoms with E-state index in [9.17, 15) is 14.3 Å². The topological polar surface area (TPSA) is 101 Å². The first kappa shape index (κ1) is 27.0. The van der Waals surface area contributed by atoms with Gasteiger partial charge in [0.2, 0.25) is 0 Å². The van der Waals surface area contributed by atoms with E-state index < -0.39 is 23.2 Å². The van der Waals surface area contributed by atoms with E-state index in [4.69, 9.17) is 23.9 Å². The predicted octanol–water partition coefficient (Wildman–Crippen LogP) is 4.74. The molecule has 1 N–H and O–H groups in total. The predicted molar refractivity (Wildman–Crippen MR) is 154 cm³/mol. The van der Waals surface area contributed by atoms with Crippen molar-refractivity contribution in [1.82, 2.24) is 14.9 Å². The number of aromatic hydroxyl groups is 1. The average molecular weight is 579 g/mol. The Bertz CT molecular complexity index is 1740. The number of anilines is 1. The van der Waals surface area contributed by atoms with Crippen LogP contribution in [0.2, 0.25) is 0 Å². The molecule has 0 amide bonds. The minimum Gasteiger partial charge on any atom is -0.508 e. The van der Waals surface area contributed by atoms with E-state index in [0.717, 1.165) is 25.8 Å². The third-order valence-corrected chi connectivity index (χ3v) is 8.87. The summed E-state index contributed by atoms with van der Waals surface area (Å²) < 4.78 is 47.3. The molecular weight excluding hydrogens is 546 g/mol. The van der Waals surface area contributed by atoms with Crippen molar-refractivity contribution in [3.8, 4) is 23.1 Å². The van der Waals surface area contributed by atoms with E-state index in [1.165, 1.54) is 18.2 Å². The van der Waals surface area contributed by atoms with Crippen LogP contribution in [0.1, 0.15) is 31.2 Å². The molecule has 42 heavy (non-hydrogen) atoms. The Balaban J connectivity index is 1.39. The highest BCUT2D eigenvalue weighted by Crippen LogP contribution is 2.41. The van der Waals surface area contributed by atoms with Crippen molar-refractivity contribution < 1.29 is 27.8 Å². The first-order chi connectivity index (χ1) is 20.3. The second-order valence-corrected chi connectivity index (χ2v) is 11.5. The molecule has 0 saturated carbocycles. The second kappa shape index (κ2) is 10.5. The zero-order chi connectivity index (χ0) is 29.0. The quantitative estimate of drug-likeness (QED) is 0.360. The van der Waals surface area contributed by atoms with Crippen molar-refractivity contribution >= 4 is 27.5 Å². The van der Waals surface area contributed by atoms with E-state index in [1.54, 1.807) is 19.1 Å². The first-order valence-electron chi connectivity index (χ1n) is 14.4. The zero-order valence-corrected chi connectivity index (χ0v) is 23.4. The molecule has 3 aliphatic rings. The van der Waals surface area contributed by atoms with Crippen LogP contribution in [0.3, 0.4) is 0 Å². The summed E-state index contributed by atoms with van der Waals surface area (Å²) in [5.74, 6) is -0.119. The van der Waals surface area contributed by atoms with Crippen LogP contribution in [0.15, 0.2) is 39.5 Å². The standard InChI is InChI=1S/C31H32F2N4O5/c1-18-26-25(29(39)42-27(18)22-14-21(38)13-19-5-2-6-23(33)24(19)22)28(36-8-4-11-40-12-10-36)35-30(34-26)41-17-31-7-3-9-37(31)16-20(32)15-31/h2,5-6,13-14,20,38H,3-4,7-12,15-17H2,1H3/t20-,31+/m1/s1. The molecule has 2 aromatic carbocycles. The lowest BCUT2D eigenvalue weighted by molar-refractivity contribution is 0.107. The number of aryl methyl sites for hydroxylation is 1. The molecule has 3 saturated heterocycles. The van der Waals surface area contributed by atoms with Crippen molar-refractivity contribution in [3.05, 3.63) is 52.1 Å². The molecule has 0 bridgehead atoms. The molecule has 0 aliphatic carbocycles. The maximum absolute atomic E-state index is 15.1. The van der Waals surface area contributed by atoms with E-state index >= 15 is 4.39 Å². The molecule has 9 nitrogen and oxygen atoms in total. The Morgan fingerprint density at radius 3 is 2.90 bits per heavy atom. The van der Waals surface area contributed by atoms with E-state index in [2.05, 4.69) is 4.90 Å². The van der Waals surface area contributed by atoms with Crippen LogP contribution in [0, 0.1) is 12.7 Å². The smallest absolute Gasteiger partial charge is 0.349 e. The minimum atomic E-state index is -0.897. The lowest BCUT2D eigenvalue weighted by Crippen LogP contribution is -2.43. The average Bonchev–Trinajstić information content (AvgIpc) is 3.34. The highest BCUT2D eigenvalue weighted by atomic mass is 19.1. The lowest BCUT2D eigenvalue weighted by Gasteiger charge is -2.31. The molecule has 2 aromatic heterocycles. The molecule has 5 heterocycles. The molecule has 4 aromatic rings. The molecule has 3 fully saturated rings. The fourth-order valence-electron chi connectivity index (χ4n) is 6.92. The Kier molecular flexibility index (Phi) is 6.73. The number of hydrogen-bond donors (Lipinski definition) is 1. The number of aromatic nitrogens is 2. The lowest BCUT2D eigenvalue weighted by atomic mass is 9.95. The number of alkyl halides is 1. The van der Waals surface area contributed by atoms with Crippen molar-refractivity contribution in [2.24, 2.45) is 0 Å². The van der Waals surface area contributed by atoms with Crippen LogP contribution in [-0.2, 0) is 4.74 Å². The summed E-state index contributed by atoms with van der Waals surface area (Å²) in [7, 11) is 0. The number of rotatable bonds is 5. The fraction of sp³-hybridized carbons (Fsp3) is 0.452. The van der Waals surface area contributed by atoms with Gasteiger partial charge >= 0.3 is 11.6 Å². The SMILES string of the molecule is Cc1c(-c2cc(O)cc3cccc(F)c23)oc(=O)c2c(N3CCCOCC3)nc(OC[C@@]34CCCN3C[C@H](F)C4)nc12. The van der Waals surface area contributed by atoms with Crippen LogP contribution in [0.4, 0.5) is 14.6 Å². The number of benzene rings is 2. The number of nitrogens with zero attached hydrogens (tertiary/aromatic N) is 4. The molecule has 7 rings (SSSR count). The van der Waals surface area contributed by atoms with Crippen LogP contribution in [-0.4, -0.2) is 77.7 Å². The van der Waals surface area contributed by atoms with Crippen LogP contribution in [0.25, 0.3) is 33.0 Å². The highest BCUT2D eigenvalue weighted by molar-refractivity contribution is 6.00. The summed E-state index contributed by atoms with van der Waals surface area (Å²) in [6.07, 6.45) is 2.06. The summed E-state index contributed by atoms with van der Waals surface area (Å²) in [4.78, 5) is 27.2. The monoisotopic (exact) mass is 578 g/mol. The number of phenolic OH excluding ortho intramolecular Hbond substituents is 1. The largest absolute Gasteiger partial charge is 0.508 e. The molecular formula is C31H32F2N4O5. The maximum atomic E-state index is 15.1. The van der Waals surface area contributed by atoms with Gasteiger partial charge in [-0.25, -0.2) is 13.6 Å². The summed E-state index contributed by atoms with van der Waals surface area (Å²) in [6, 6.07) is 7.48. The van der Waals surface area contributed by atoms with Crippen molar-refractivity contribution in [1.29, 1.82) is 0 Å². The Morgan fingerprint density at radius 2 is 2.02 bits per heavy atom. The molecule has 0 unspecified atom stereocenters. The third-order valence-electron chi connectivity index (χ3n) is 8.87. The number of hydrogen-bond acceptors (Lipinski definition) is 9. The number of ether oxygens (including phenoxy) is 2. The van der Waals surface area contributed by atoms with Gasteiger partial charge in [-0.1, -0.05) is 12.1 Å². The third kappa shape index (κ3) is 4.55. The fourth-order valence-corrected chi connectivity index (χ4v) is 6.92. The van der Waals surface area contributed by atoms with Crippen LogP contribution < -0.4 is 15.3 Å². The summed E-state index contributed by atoms with van der Waals surface area (Å²) in [5.41, 5.74) is -0.0467. The first-order valence-corrected chi connectivity index (χ1v) is 14.4. The van der Waals surface area contributed by atoms with Gasteiger partial charge in [0.25, 0.3) is 0 Å². The van der Waals surface area contributed by atoms with Crippen molar-refractivity contribution in [3.63, 3.8) is 0 Å². The van der Waals surface area contributed by atoms with Gasteiger partial charge in [0.05, 0.1) is 17.7 Å². The highest BCUT2D eigenvalue weighted by Gasteiger charge is 2.49. The normalized spacial score (nSPS) is 23.0. The Labute approximate surface area is 240 Å². The zero-order valence-electron chi connectivity index (χ0n) is 23.4. The van der Waals surface area contributed by atoms with Crippen LogP contribution >= 0.6 is 0 Å². The van der Waals surface area contributed by atoms with E-state index in [-0.39, 0.29) is 40.5 Å². The number of fused-ring (bicyclic) bond motifs is 3. The van der Waals surface area contributed by atoms with Crippen LogP contribution in [0.5, 0.6) is 11.8 Å². The molecule has 11 heteroatoms. The van der Waals surface area contributed by atoms with Gasteiger partial charge in [0.1, 0.15) is 35.5 Å². The minimum absolute atomic E-state index is 0.0813. The molecule has 2 atom stereocenters. The van der Waals surface area contributed by atoms with E-state index in [1.807, 2.05) is 4.90 Å². The molecule has 0 spiro atoms. The van der Waals surface area contributed by atoms with Gasteiger partial charge in [-0.05, 0) is 56.3 Å². The summed E-state index contributed by atoms with van der Waals surface area (Å²) >= 11 is 0. The Morgan fingerprint density at radius 1 is 1.14 bits per heavy atom. The summed E-state index contributed by atoms with van der Waals surface area (Å²) in [5, 5.41) is 11.3. The number of phenols is 1.